The number of carbonyl (C=O) groups is 1. The van der Waals surface area contributed by atoms with E-state index < -0.39 is 17.8 Å². The molecule has 5 aliphatic carbocycles. The minimum absolute atomic E-state index is 0.154. The van der Waals surface area contributed by atoms with Gasteiger partial charge in [0, 0.05) is 11.8 Å². The molecule has 10 atom stereocenters. The highest BCUT2D eigenvalue weighted by Crippen LogP contribution is 2.88. The van der Waals surface area contributed by atoms with Gasteiger partial charge in [-0.25, -0.2) is 0 Å². The number of hydrogen-bond acceptors (Lipinski definition) is 4. The molecule has 5 rings (SSSR count). The van der Waals surface area contributed by atoms with Crippen LogP contribution >= 0.6 is 0 Å². The summed E-state index contributed by atoms with van der Waals surface area (Å²) in [5.41, 5.74) is -0.0230. The van der Waals surface area contributed by atoms with E-state index in [-0.39, 0.29) is 10.8 Å². The first-order valence-electron chi connectivity index (χ1n) is 14.2. The zero-order chi connectivity index (χ0) is 25.1. The highest BCUT2D eigenvalue weighted by atomic mass is 16.4. The van der Waals surface area contributed by atoms with Crippen molar-refractivity contribution < 1.29 is 20.1 Å². The van der Waals surface area contributed by atoms with Crippen molar-refractivity contribution in [3.05, 3.63) is 0 Å². The second-order valence-corrected chi connectivity index (χ2v) is 15.2. The Morgan fingerprint density at radius 3 is 2.18 bits per heavy atom. The fourth-order valence-corrected chi connectivity index (χ4v) is 11.3. The predicted octanol–water partition coefficient (Wildman–Crippen LogP) is 5.51. The van der Waals surface area contributed by atoms with Crippen LogP contribution in [0.4, 0.5) is 0 Å². The lowest BCUT2D eigenvalue weighted by Crippen LogP contribution is -2.57. The highest BCUT2D eigenvalue weighted by molar-refractivity contribution is 5.86. The molecule has 5 saturated carbocycles. The van der Waals surface area contributed by atoms with E-state index in [1.54, 1.807) is 13.8 Å². The Labute approximate surface area is 207 Å². The van der Waals surface area contributed by atoms with Crippen LogP contribution in [0.3, 0.4) is 0 Å². The average molecular weight is 475 g/mol. The predicted molar refractivity (Wildman–Crippen MR) is 134 cm³/mol. The molecule has 2 spiro atoms. The van der Waals surface area contributed by atoms with Crippen molar-refractivity contribution >= 4 is 5.78 Å². The summed E-state index contributed by atoms with van der Waals surface area (Å²) < 4.78 is 0. The van der Waals surface area contributed by atoms with Gasteiger partial charge in [0.15, 0.2) is 0 Å². The molecular formula is C30H50O4. The van der Waals surface area contributed by atoms with Crippen LogP contribution in [0.2, 0.25) is 0 Å². The van der Waals surface area contributed by atoms with Gasteiger partial charge in [-0.05, 0) is 117 Å². The molecule has 0 bridgehead atoms. The largest absolute Gasteiger partial charge is 0.390 e. The Balaban J connectivity index is 1.38. The lowest BCUT2D eigenvalue weighted by Gasteiger charge is -2.62. The Morgan fingerprint density at radius 2 is 1.53 bits per heavy atom. The maximum atomic E-state index is 12.8. The van der Waals surface area contributed by atoms with Crippen molar-refractivity contribution in [3.8, 4) is 0 Å². The Kier molecular flexibility index (Phi) is 5.42. The van der Waals surface area contributed by atoms with Crippen LogP contribution in [0.15, 0.2) is 0 Å². The van der Waals surface area contributed by atoms with Gasteiger partial charge in [0.1, 0.15) is 11.9 Å². The molecule has 5 fully saturated rings. The molecule has 0 aromatic rings. The first-order chi connectivity index (χ1) is 15.6. The van der Waals surface area contributed by atoms with Gasteiger partial charge < -0.3 is 15.3 Å². The number of hydrogen-bond donors (Lipinski definition) is 3. The molecule has 0 radical (unpaired) electrons. The van der Waals surface area contributed by atoms with Gasteiger partial charge in [0.2, 0.25) is 0 Å². The fourth-order valence-electron chi connectivity index (χ4n) is 11.3. The summed E-state index contributed by atoms with van der Waals surface area (Å²) >= 11 is 0. The van der Waals surface area contributed by atoms with E-state index in [0.717, 1.165) is 18.8 Å². The topological polar surface area (TPSA) is 77.8 Å². The number of carbonyl (C=O) groups excluding carboxylic acids is 1. The van der Waals surface area contributed by atoms with Crippen molar-refractivity contribution in [3.63, 3.8) is 0 Å². The summed E-state index contributed by atoms with van der Waals surface area (Å²) in [5, 5.41) is 31.4. The van der Waals surface area contributed by atoms with Crippen molar-refractivity contribution in [1.82, 2.24) is 0 Å². The monoisotopic (exact) mass is 474 g/mol. The second-order valence-electron chi connectivity index (χ2n) is 15.2. The third-order valence-electron chi connectivity index (χ3n) is 13.3. The fraction of sp³-hybridized carbons (Fsp3) is 0.967. The van der Waals surface area contributed by atoms with Gasteiger partial charge in [-0.1, -0.05) is 34.6 Å². The van der Waals surface area contributed by atoms with Crippen molar-refractivity contribution in [1.29, 1.82) is 0 Å². The third-order valence-corrected chi connectivity index (χ3v) is 13.3. The lowest BCUT2D eigenvalue weighted by atomic mass is 9.42. The molecule has 0 aliphatic heterocycles. The van der Waals surface area contributed by atoms with Crippen LogP contribution in [0.25, 0.3) is 0 Å². The summed E-state index contributed by atoms with van der Waals surface area (Å²) in [6.45, 7) is 15.0. The summed E-state index contributed by atoms with van der Waals surface area (Å²) in [7, 11) is 0. The number of aliphatic hydroxyl groups is 3. The van der Waals surface area contributed by atoms with E-state index in [1.165, 1.54) is 44.9 Å². The van der Waals surface area contributed by atoms with Gasteiger partial charge in [-0.15, -0.1) is 0 Å². The number of ketones is 1. The quantitative estimate of drug-likeness (QED) is 0.491. The SMILES string of the molecule is C[C@H](C[C@@H](O)[C@@H](O)C(C)(C)O)[C@H]1CC[C@@]2(C)[C@@H]3CC[C@H]4C(C)(C)C(=O)CC[C@@]45C[C@@]35CC[C@]12C. The van der Waals surface area contributed by atoms with E-state index in [1.807, 2.05) is 0 Å². The molecule has 0 unspecified atom stereocenters. The minimum Gasteiger partial charge on any atom is -0.390 e. The summed E-state index contributed by atoms with van der Waals surface area (Å²) in [6.07, 6.45) is 9.30. The number of aliphatic hydroxyl groups excluding tert-OH is 2. The lowest BCUT2D eigenvalue weighted by molar-refractivity contribution is -0.158. The first kappa shape index (κ1) is 25.2. The van der Waals surface area contributed by atoms with E-state index >= 15 is 0 Å². The standard InChI is InChI=1S/C30H50O4/c1-18(16-20(31)24(33)26(4,5)34)19-10-12-28(7)22-9-8-21-25(2,3)23(32)11-13-29(21)17-30(22,29)15-14-27(19,28)6/h18-22,24,31,33-34H,8-17H2,1-7H3/t18-,19-,20-,21+,22+,24-,27-,28+,29-,30+/m1/s1. The molecule has 0 heterocycles. The average Bonchev–Trinajstić information content (AvgIpc) is 3.32. The van der Waals surface area contributed by atoms with Crippen LogP contribution in [-0.2, 0) is 4.79 Å². The van der Waals surface area contributed by atoms with Crippen molar-refractivity contribution in [2.75, 3.05) is 0 Å². The van der Waals surface area contributed by atoms with Crippen LogP contribution in [0.5, 0.6) is 0 Å². The molecule has 34 heavy (non-hydrogen) atoms. The molecule has 4 heteroatoms. The number of Topliss-reactive ketones (excluding diaryl/α,β-unsaturated/α-hetero) is 1. The Bertz CT molecular complexity index is 858. The van der Waals surface area contributed by atoms with Crippen molar-refractivity contribution in [2.24, 2.45) is 50.7 Å². The second kappa shape index (κ2) is 7.32. The number of rotatable bonds is 5. The van der Waals surface area contributed by atoms with Crippen LogP contribution < -0.4 is 0 Å². The molecule has 0 saturated heterocycles. The zero-order valence-electron chi connectivity index (χ0n) is 22.8. The Morgan fingerprint density at radius 1 is 0.912 bits per heavy atom. The minimum atomic E-state index is -1.29. The summed E-state index contributed by atoms with van der Waals surface area (Å²) in [5.74, 6) is 2.67. The van der Waals surface area contributed by atoms with Gasteiger partial charge in [0.25, 0.3) is 0 Å². The van der Waals surface area contributed by atoms with Gasteiger partial charge >= 0.3 is 0 Å². The highest BCUT2D eigenvalue weighted by Gasteiger charge is 2.82. The van der Waals surface area contributed by atoms with Gasteiger partial charge in [-0.3, -0.25) is 4.79 Å². The Hall–Kier alpha value is -0.450. The molecule has 5 aliphatic rings. The molecular weight excluding hydrogens is 424 g/mol. The molecule has 0 amide bonds. The van der Waals surface area contributed by atoms with E-state index in [0.29, 0.717) is 46.2 Å². The molecule has 0 aromatic carbocycles. The van der Waals surface area contributed by atoms with E-state index in [4.69, 9.17) is 0 Å². The maximum Gasteiger partial charge on any atom is 0.138 e. The zero-order valence-corrected chi connectivity index (χ0v) is 22.8. The summed E-state index contributed by atoms with van der Waals surface area (Å²) in [6, 6.07) is 0. The smallest absolute Gasteiger partial charge is 0.138 e. The van der Waals surface area contributed by atoms with Crippen LogP contribution in [0.1, 0.15) is 113 Å². The van der Waals surface area contributed by atoms with Crippen LogP contribution in [-0.4, -0.2) is 38.9 Å². The first-order valence-corrected chi connectivity index (χ1v) is 14.2. The molecule has 3 N–H and O–H groups in total. The third kappa shape index (κ3) is 2.97. The maximum absolute atomic E-state index is 12.8. The van der Waals surface area contributed by atoms with Crippen molar-refractivity contribution in [2.45, 2.75) is 130 Å². The van der Waals surface area contributed by atoms with Gasteiger partial charge in [-0.2, -0.15) is 0 Å². The van der Waals surface area contributed by atoms with E-state index in [2.05, 4.69) is 34.6 Å². The number of fused-ring (bicyclic) bond motifs is 2. The van der Waals surface area contributed by atoms with Crippen LogP contribution in [0, 0.1) is 50.7 Å². The molecule has 194 valence electrons. The normalized spacial score (nSPS) is 49.8. The van der Waals surface area contributed by atoms with E-state index in [9.17, 15) is 20.1 Å². The molecule has 4 nitrogen and oxygen atoms in total. The van der Waals surface area contributed by atoms with Gasteiger partial charge in [0.05, 0.1) is 11.7 Å². The molecule has 0 aromatic heterocycles. The summed E-state index contributed by atoms with van der Waals surface area (Å²) in [4.78, 5) is 12.8.